The Kier molecular flexibility index (Phi) is 10.2. The first-order valence-corrected chi connectivity index (χ1v) is 10.8. The zero-order chi connectivity index (χ0) is 20.6. The van der Waals surface area contributed by atoms with Gasteiger partial charge in [-0.1, -0.05) is 41.9 Å². The van der Waals surface area contributed by atoms with Crippen LogP contribution in [0.15, 0.2) is 53.1 Å². The van der Waals surface area contributed by atoms with E-state index in [2.05, 4.69) is 16.1 Å². The van der Waals surface area contributed by atoms with Crippen LogP contribution in [0.1, 0.15) is 43.4 Å². The Morgan fingerprint density at radius 1 is 1.06 bits per heavy atom. The number of likely N-dealkylation sites (tertiary alicyclic amines) is 1. The summed E-state index contributed by atoms with van der Waals surface area (Å²) >= 11 is 0. The number of hydrogen-bond donors (Lipinski definition) is 0. The lowest BCUT2D eigenvalue weighted by Crippen LogP contribution is -2.30. The minimum atomic E-state index is 0. The summed E-state index contributed by atoms with van der Waals surface area (Å²) < 4.78 is 11.4. The van der Waals surface area contributed by atoms with Crippen LogP contribution < -0.4 is 4.74 Å². The van der Waals surface area contributed by atoms with Crippen LogP contribution in [0.2, 0.25) is 0 Å². The predicted octanol–water partition coefficient (Wildman–Crippen LogP) is 5.13. The zero-order valence-electron chi connectivity index (χ0n) is 18.1. The van der Waals surface area contributed by atoms with E-state index in [1.807, 2.05) is 54.6 Å². The monoisotopic (exact) mass is 455 g/mol. The van der Waals surface area contributed by atoms with Gasteiger partial charge in [0, 0.05) is 5.56 Å². The summed E-state index contributed by atoms with van der Waals surface area (Å²) in [5.74, 6) is 0.788. The number of halogens is 1. The number of aromatic nitrogens is 1. The van der Waals surface area contributed by atoms with Gasteiger partial charge in [-0.05, 0) is 69.6 Å². The molecule has 6 nitrogen and oxygen atoms in total. The molecule has 170 valence electrons. The maximum Gasteiger partial charge on any atom is 0.167 e. The molecular weight excluding hydrogens is 426 g/mol. The number of hydrogen-bond acceptors (Lipinski definition) is 5. The Labute approximate surface area is 195 Å². The molecule has 1 aliphatic heterocycles. The predicted molar refractivity (Wildman–Crippen MR) is 130 cm³/mol. The molecule has 0 spiro atoms. The van der Waals surface area contributed by atoms with Gasteiger partial charge in [0.05, 0.1) is 17.6 Å². The maximum absolute atomic E-state index is 9.73. The quantitative estimate of drug-likeness (QED) is 0.346. The molecule has 2 N–H and O–H groups in total. The number of para-hydroxylation sites is 2. The first-order chi connectivity index (χ1) is 14.8. The summed E-state index contributed by atoms with van der Waals surface area (Å²) in [7, 11) is 0. The molecule has 0 amide bonds. The molecule has 0 unspecified atom stereocenters. The average Bonchev–Trinajstić information content (AvgIpc) is 3.23. The highest BCUT2D eigenvalue weighted by Gasteiger charge is 2.13. The molecule has 1 saturated heterocycles. The summed E-state index contributed by atoms with van der Waals surface area (Å²) in [6.07, 6.45) is 8.03. The van der Waals surface area contributed by atoms with E-state index in [0.717, 1.165) is 36.1 Å². The van der Waals surface area contributed by atoms with E-state index in [-0.39, 0.29) is 17.9 Å². The molecular formula is C25H30ClN3O3. The van der Waals surface area contributed by atoms with Crippen molar-refractivity contribution in [3.8, 4) is 11.8 Å². The maximum atomic E-state index is 9.73. The molecule has 7 heteroatoms. The van der Waals surface area contributed by atoms with Crippen molar-refractivity contribution in [2.45, 2.75) is 32.1 Å². The standard InChI is InChI=1S/C25H27N3O2.ClH.H2O/c26-19-21(25-22-11-3-5-13-24(22)30-27-25)18-20-10-2-4-12-23(20)29-17-9-8-16-28-14-6-1-7-15-28;;/h2-5,10-13,18H,1,6-9,14-17H2;1H;1H2/b21-18+;;. The molecule has 2 heterocycles. The summed E-state index contributed by atoms with van der Waals surface area (Å²) in [4.78, 5) is 2.56. The molecule has 0 bridgehead atoms. The van der Waals surface area contributed by atoms with E-state index in [0.29, 0.717) is 23.5 Å². The zero-order valence-corrected chi connectivity index (χ0v) is 18.9. The number of allylic oxidation sites excluding steroid dienone is 1. The van der Waals surface area contributed by atoms with Crippen molar-refractivity contribution in [3.63, 3.8) is 0 Å². The first kappa shape index (κ1) is 25.4. The van der Waals surface area contributed by atoms with Crippen LogP contribution in [0.25, 0.3) is 22.6 Å². The van der Waals surface area contributed by atoms with Gasteiger partial charge in [0.25, 0.3) is 0 Å². The highest BCUT2D eigenvalue weighted by molar-refractivity contribution is 5.99. The second-order valence-electron chi connectivity index (χ2n) is 7.69. The molecule has 1 aromatic heterocycles. The highest BCUT2D eigenvalue weighted by Crippen LogP contribution is 2.28. The van der Waals surface area contributed by atoms with Crippen molar-refractivity contribution in [2.24, 2.45) is 0 Å². The molecule has 0 atom stereocenters. The number of benzene rings is 2. The van der Waals surface area contributed by atoms with Gasteiger partial charge in [0.1, 0.15) is 17.5 Å². The van der Waals surface area contributed by atoms with E-state index in [9.17, 15) is 5.26 Å². The van der Waals surface area contributed by atoms with Crippen LogP contribution in [0, 0.1) is 11.3 Å². The molecule has 32 heavy (non-hydrogen) atoms. The third-order valence-corrected chi connectivity index (χ3v) is 5.55. The molecule has 3 aromatic rings. The smallest absolute Gasteiger partial charge is 0.167 e. The first-order valence-electron chi connectivity index (χ1n) is 10.8. The van der Waals surface area contributed by atoms with Gasteiger partial charge >= 0.3 is 0 Å². The van der Waals surface area contributed by atoms with Crippen molar-refractivity contribution in [1.82, 2.24) is 10.1 Å². The molecule has 0 radical (unpaired) electrons. The normalized spacial score (nSPS) is 14.3. The molecule has 1 aliphatic rings. The van der Waals surface area contributed by atoms with E-state index < -0.39 is 0 Å². The lowest BCUT2D eigenvalue weighted by molar-refractivity contribution is 0.216. The van der Waals surface area contributed by atoms with Gasteiger partial charge in [0.15, 0.2) is 5.58 Å². The molecule has 1 fully saturated rings. The number of piperidine rings is 1. The third-order valence-electron chi connectivity index (χ3n) is 5.55. The summed E-state index contributed by atoms with van der Waals surface area (Å²) in [6, 6.07) is 17.6. The van der Waals surface area contributed by atoms with Crippen LogP contribution in [0.4, 0.5) is 0 Å². The minimum absolute atomic E-state index is 0. The fourth-order valence-electron chi connectivity index (χ4n) is 3.92. The third kappa shape index (κ3) is 6.33. The van der Waals surface area contributed by atoms with Gasteiger partial charge in [0.2, 0.25) is 0 Å². The van der Waals surface area contributed by atoms with Gasteiger partial charge in [-0.3, -0.25) is 0 Å². The Hall–Kier alpha value is -2.85. The number of nitriles is 1. The average molecular weight is 456 g/mol. The molecule has 4 rings (SSSR count). The molecule has 0 saturated carbocycles. The van der Waals surface area contributed by atoms with Crippen molar-refractivity contribution < 1.29 is 14.7 Å². The minimum Gasteiger partial charge on any atom is -0.493 e. The lowest BCUT2D eigenvalue weighted by Gasteiger charge is -2.26. The van der Waals surface area contributed by atoms with Crippen LogP contribution in [0.3, 0.4) is 0 Å². The SMILES string of the molecule is Cl.N#C/C(=C\c1ccccc1OCCCCN1CCCCC1)c1noc2ccccc12.O. The van der Waals surface area contributed by atoms with Crippen LogP contribution in [-0.2, 0) is 0 Å². The van der Waals surface area contributed by atoms with E-state index >= 15 is 0 Å². The van der Waals surface area contributed by atoms with Gasteiger partial charge in [-0.25, -0.2) is 0 Å². The fraction of sp³-hybridized carbons (Fsp3) is 0.360. The largest absolute Gasteiger partial charge is 0.493 e. The van der Waals surface area contributed by atoms with Crippen molar-refractivity contribution in [2.75, 3.05) is 26.2 Å². The summed E-state index contributed by atoms with van der Waals surface area (Å²) in [5, 5.41) is 14.7. The highest BCUT2D eigenvalue weighted by atomic mass is 35.5. The fourth-order valence-corrected chi connectivity index (χ4v) is 3.92. The van der Waals surface area contributed by atoms with Crippen LogP contribution >= 0.6 is 12.4 Å². The van der Waals surface area contributed by atoms with Crippen molar-refractivity contribution in [1.29, 1.82) is 5.26 Å². The number of rotatable bonds is 8. The van der Waals surface area contributed by atoms with Crippen molar-refractivity contribution in [3.05, 3.63) is 59.8 Å². The van der Waals surface area contributed by atoms with E-state index in [1.54, 1.807) is 0 Å². The Balaban J connectivity index is 0.00000181. The number of unbranched alkanes of at least 4 members (excludes halogenated alkanes) is 1. The summed E-state index contributed by atoms with van der Waals surface area (Å²) in [6.45, 7) is 4.31. The second kappa shape index (κ2) is 12.9. The lowest BCUT2D eigenvalue weighted by atomic mass is 10.1. The Morgan fingerprint density at radius 3 is 2.62 bits per heavy atom. The van der Waals surface area contributed by atoms with Gasteiger partial charge in [-0.2, -0.15) is 5.26 Å². The van der Waals surface area contributed by atoms with Crippen LogP contribution in [0.5, 0.6) is 5.75 Å². The molecule has 2 aromatic carbocycles. The summed E-state index contributed by atoms with van der Waals surface area (Å²) in [5.41, 5.74) is 2.56. The second-order valence-corrected chi connectivity index (χ2v) is 7.69. The number of fused-ring (bicyclic) bond motifs is 1. The van der Waals surface area contributed by atoms with E-state index in [1.165, 1.54) is 32.4 Å². The van der Waals surface area contributed by atoms with E-state index in [4.69, 9.17) is 9.26 Å². The number of ether oxygens (including phenoxy) is 1. The topological polar surface area (TPSA) is 93.8 Å². The van der Waals surface area contributed by atoms with Gasteiger partial charge < -0.3 is 19.6 Å². The van der Waals surface area contributed by atoms with Gasteiger partial charge in [-0.15, -0.1) is 12.4 Å². The van der Waals surface area contributed by atoms with Crippen molar-refractivity contribution >= 4 is 35.0 Å². The number of nitrogens with zero attached hydrogens (tertiary/aromatic N) is 3. The van der Waals surface area contributed by atoms with Crippen LogP contribution in [-0.4, -0.2) is 41.8 Å². The Morgan fingerprint density at radius 2 is 1.81 bits per heavy atom. The Bertz CT molecular complexity index is 1050. The molecule has 0 aliphatic carbocycles.